The summed E-state index contributed by atoms with van der Waals surface area (Å²) in [7, 11) is 0. The number of likely N-dealkylation sites (tertiary alicyclic amines) is 1. The Kier molecular flexibility index (Phi) is 5.38. The zero-order valence-electron chi connectivity index (χ0n) is 14.8. The molecule has 1 aromatic carbocycles. The molecule has 1 fully saturated rings. The zero-order chi connectivity index (χ0) is 17.8. The highest BCUT2D eigenvalue weighted by molar-refractivity contribution is 5.44. The van der Waals surface area contributed by atoms with E-state index in [4.69, 9.17) is 14.2 Å². The van der Waals surface area contributed by atoms with E-state index < -0.39 is 6.10 Å². The fourth-order valence-corrected chi connectivity index (χ4v) is 3.56. The smallest absolute Gasteiger partial charge is 0.231 e. The molecule has 1 atom stereocenters. The Morgan fingerprint density at radius 2 is 2.08 bits per heavy atom. The molecule has 7 nitrogen and oxygen atoms in total. The SMILES string of the molecule is OC(COCc1ccc2c(c1)OCO2)CN1CCC(n2cccn2)CC1. The Labute approximate surface area is 153 Å². The van der Waals surface area contributed by atoms with Gasteiger partial charge in [0.2, 0.25) is 6.79 Å². The van der Waals surface area contributed by atoms with Crippen LogP contribution in [-0.2, 0) is 11.3 Å². The molecule has 0 aliphatic carbocycles. The van der Waals surface area contributed by atoms with Crippen LogP contribution in [0.5, 0.6) is 11.5 Å². The lowest BCUT2D eigenvalue weighted by Gasteiger charge is -2.33. The van der Waals surface area contributed by atoms with Crippen molar-refractivity contribution in [2.45, 2.75) is 31.6 Å². The number of benzene rings is 1. The molecule has 3 heterocycles. The molecule has 0 spiro atoms. The van der Waals surface area contributed by atoms with Crippen molar-refractivity contribution in [1.82, 2.24) is 14.7 Å². The number of nitrogens with zero attached hydrogens (tertiary/aromatic N) is 3. The summed E-state index contributed by atoms with van der Waals surface area (Å²) in [5, 5.41) is 14.6. The third-order valence-corrected chi connectivity index (χ3v) is 4.94. The van der Waals surface area contributed by atoms with E-state index in [0.717, 1.165) is 43.0 Å². The van der Waals surface area contributed by atoms with E-state index in [1.165, 1.54) is 0 Å². The molecule has 140 valence electrons. The van der Waals surface area contributed by atoms with E-state index in [9.17, 15) is 5.11 Å². The number of hydrogen-bond acceptors (Lipinski definition) is 6. The summed E-state index contributed by atoms with van der Waals surface area (Å²) in [4.78, 5) is 2.30. The first-order valence-electron chi connectivity index (χ1n) is 9.14. The van der Waals surface area contributed by atoms with E-state index in [2.05, 4.69) is 10.00 Å². The standard InChI is InChI=1S/C19H25N3O4/c23-17(11-21-8-4-16(5-9-21)22-7-1-6-20-22)13-24-12-15-2-3-18-19(10-15)26-14-25-18/h1-3,6-7,10,16-17,23H,4-5,8-9,11-14H2. The summed E-state index contributed by atoms with van der Waals surface area (Å²) in [6.07, 6.45) is 5.50. The van der Waals surface area contributed by atoms with Crippen LogP contribution in [0.1, 0.15) is 24.4 Å². The molecule has 26 heavy (non-hydrogen) atoms. The van der Waals surface area contributed by atoms with Crippen molar-refractivity contribution in [3.63, 3.8) is 0 Å². The van der Waals surface area contributed by atoms with Crippen LogP contribution < -0.4 is 9.47 Å². The van der Waals surface area contributed by atoms with Gasteiger partial charge in [-0.15, -0.1) is 0 Å². The van der Waals surface area contributed by atoms with Crippen LogP contribution in [0.15, 0.2) is 36.7 Å². The van der Waals surface area contributed by atoms with Crippen LogP contribution in [0.2, 0.25) is 0 Å². The minimum Gasteiger partial charge on any atom is -0.454 e. The van der Waals surface area contributed by atoms with Crippen molar-refractivity contribution in [2.24, 2.45) is 0 Å². The van der Waals surface area contributed by atoms with Crippen molar-refractivity contribution in [3.8, 4) is 11.5 Å². The largest absolute Gasteiger partial charge is 0.454 e. The predicted molar refractivity (Wildman–Crippen MR) is 95.2 cm³/mol. The number of rotatable bonds is 7. The van der Waals surface area contributed by atoms with Gasteiger partial charge in [-0.1, -0.05) is 6.07 Å². The second-order valence-electron chi connectivity index (χ2n) is 6.87. The number of β-amino-alcohol motifs (C(OH)–C–C–N with tert-alkyl or cyclic N) is 1. The Hall–Kier alpha value is -2.09. The highest BCUT2D eigenvalue weighted by atomic mass is 16.7. The van der Waals surface area contributed by atoms with E-state index >= 15 is 0 Å². The molecule has 1 saturated heterocycles. The lowest BCUT2D eigenvalue weighted by molar-refractivity contribution is 0.00456. The lowest BCUT2D eigenvalue weighted by Crippen LogP contribution is -2.40. The number of fused-ring (bicyclic) bond motifs is 1. The first-order chi connectivity index (χ1) is 12.8. The molecule has 0 radical (unpaired) electrons. The number of aliphatic hydroxyl groups excluding tert-OH is 1. The Balaban J connectivity index is 1.16. The van der Waals surface area contributed by atoms with Gasteiger partial charge in [-0.3, -0.25) is 4.68 Å². The highest BCUT2D eigenvalue weighted by Gasteiger charge is 2.22. The zero-order valence-corrected chi connectivity index (χ0v) is 14.8. The van der Waals surface area contributed by atoms with Crippen molar-refractivity contribution in [1.29, 1.82) is 0 Å². The molecular formula is C19H25N3O4. The summed E-state index contributed by atoms with van der Waals surface area (Å²) in [6, 6.07) is 8.21. The number of ether oxygens (including phenoxy) is 3. The number of aliphatic hydroxyl groups is 1. The molecule has 1 unspecified atom stereocenters. The average Bonchev–Trinajstić information content (AvgIpc) is 3.34. The minimum atomic E-state index is -0.481. The summed E-state index contributed by atoms with van der Waals surface area (Å²) in [5.41, 5.74) is 1.02. The first-order valence-corrected chi connectivity index (χ1v) is 9.14. The molecule has 2 aromatic rings. The van der Waals surface area contributed by atoms with Gasteiger partial charge in [-0.05, 0) is 36.6 Å². The highest BCUT2D eigenvalue weighted by Crippen LogP contribution is 2.32. The summed E-state index contributed by atoms with van der Waals surface area (Å²) in [6.45, 7) is 3.65. The van der Waals surface area contributed by atoms with Crippen LogP contribution in [0.3, 0.4) is 0 Å². The van der Waals surface area contributed by atoms with Gasteiger partial charge in [0.05, 0.1) is 25.4 Å². The second-order valence-corrected chi connectivity index (χ2v) is 6.87. The molecular weight excluding hydrogens is 334 g/mol. The van der Waals surface area contributed by atoms with Crippen molar-refractivity contribution < 1.29 is 19.3 Å². The summed E-state index contributed by atoms with van der Waals surface area (Å²) < 4.78 is 18.4. The molecule has 1 aromatic heterocycles. The van der Waals surface area contributed by atoms with Gasteiger partial charge >= 0.3 is 0 Å². The fourth-order valence-electron chi connectivity index (χ4n) is 3.56. The quantitative estimate of drug-likeness (QED) is 0.813. The Bertz CT molecular complexity index is 699. The van der Waals surface area contributed by atoms with Crippen molar-refractivity contribution >= 4 is 0 Å². The maximum atomic E-state index is 10.3. The third-order valence-electron chi connectivity index (χ3n) is 4.94. The molecule has 0 bridgehead atoms. The van der Waals surface area contributed by atoms with E-state index in [1.807, 2.05) is 41.3 Å². The van der Waals surface area contributed by atoms with E-state index in [0.29, 0.717) is 25.8 Å². The third kappa shape index (κ3) is 4.17. The minimum absolute atomic E-state index is 0.273. The van der Waals surface area contributed by atoms with Gasteiger partial charge in [-0.25, -0.2) is 0 Å². The first kappa shape index (κ1) is 17.3. The monoisotopic (exact) mass is 359 g/mol. The topological polar surface area (TPSA) is 69.0 Å². The van der Waals surface area contributed by atoms with Crippen LogP contribution in [-0.4, -0.2) is 58.9 Å². The van der Waals surface area contributed by atoms with E-state index in [1.54, 1.807) is 0 Å². The predicted octanol–water partition coefficient (Wildman–Crippen LogP) is 1.83. The van der Waals surface area contributed by atoms with Gasteiger partial charge in [0.15, 0.2) is 11.5 Å². The van der Waals surface area contributed by atoms with Gasteiger partial charge in [0, 0.05) is 32.0 Å². The van der Waals surface area contributed by atoms with Crippen LogP contribution in [0.25, 0.3) is 0 Å². The van der Waals surface area contributed by atoms with Crippen LogP contribution in [0, 0.1) is 0 Å². The summed E-state index contributed by atoms with van der Waals surface area (Å²) >= 11 is 0. The Morgan fingerprint density at radius 3 is 2.88 bits per heavy atom. The lowest BCUT2D eigenvalue weighted by atomic mass is 10.1. The van der Waals surface area contributed by atoms with Crippen molar-refractivity contribution in [2.75, 3.05) is 33.0 Å². The molecule has 4 rings (SSSR count). The maximum Gasteiger partial charge on any atom is 0.231 e. The number of aromatic nitrogens is 2. The average molecular weight is 359 g/mol. The number of hydrogen-bond donors (Lipinski definition) is 1. The number of piperidine rings is 1. The Morgan fingerprint density at radius 1 is 1.23 bits per heavy atom. The maximum absolute atomic E-state index is 10.3. The normalized spacial score (nSPS) is 19.0. The molecule has 2 aliphatic heterocycles. The van der Waals surface area contributed by atoms with Gasteiger partial charge in [-0.2, -0.15) is 5.10 Å². The van der Waals surface area contributed by atoms with Crippen LogP contribution >= 0.6 is 0 Å². The molecule has 0 amide bonds. The van der Waals surface area contributed by atoms with Crippen molar-refractivity contribution in [3.05, 3.63) is 42.2 Å². The fraction of sp³-hybridized carbons (Fsp3) is 0.526. The van der Waals surface area contributed by atoms with Gasteiger partial charge in [0.25, 0.3) is 0 Å². The van der Waals surface area contributed by atoms with Crippen LogP contribution in [0.4, 0.5) is 0 Å². The molecule has 2 aliphatic rings. The van der Waals surface area contributed by atoms with Gasteiger partial charge in [0.1, 0.15) is 0 Å². The second kappa shape index (κ2) is 8.07. The van der Waals surface area contributed by atoms with E-state index in [-0.39, 0.29) is 6.79 Å². The molecule has 1 N–H and O–H groups in total. The summed E-state index contributed by atoms with van der Waals surface area (Å²) in [5.74, 6) is 1.53. The molecule has 7 heteroatoms. The molecule has 0 saturated carbocycles. The van der Waals surface area contributed by atoms with Gasteiger partial charge < -0.3 is 24.2 Å².